The maximum absolute atomic E-state index is 6.02. The van der Waals surface area contributed by atoms with Crippen molar-refractivity contribution in [3.63, 3.8) is 0 Å². The number of hydrogen-bond donors (Lipinski definition) is 0. The lowest BCUT2D eigenvalue weighted by Crippen LogP contribution is -2.29. The highest BCUT2D eigenvalue weighted by Crippen LogP contribution is 2.40. The largest absolute Gasteiger partial charge is 0.366 e. The van der Waals surface area contributed by atoms with Crippen LogP contribution in [0.1, 0.15) is 23.9 Å². The number of benzene rings is 3. The van der Waals surface area contributed by atoms with E-state index in [0.29, 0.717) is 0 Å². The molecule has 0 saturated carbocycles. The number of methoxy groups -OCH3 is 1. The van der Waals surface area contributed by atoms with Gasteiger partial charge in [0.15, 0.2) is 0 Å². The summed E-state index contributed by atoms with van der Waals surface area (Å²) in [5.41, 5.74) is 0.655. The van der Waals surface area contributed by atoms with Crippen LogP contribution >= 0.6 is 23.1 Å². The molecule has 0 aliphatic carbocycles. The summed E-state index contributed by atoms with van der Waals surface area (Å²) in [5.74, 6) is 0. The minimum absolute atomic E-state index is 0.492. The molecule has 2 nitrogen and oxygen atoms in total. The van der Waals surface area contributed by atoms with E-state index in [-0.39, 0.29) is 0 Å². The first-order valence-electron chi connectivity index (χ1n) is 8.97. The number of thiazole rings is 1. The molecule has 136 valence electrons. The predicted molar refractivity (Wildman–Crippen MR) is 115 cm³/mol. The van der Waals surface area contributed by atoms with Crippen molar-refractivity contribution in [2.45, 2.75) is 28.7 Å². The van der Waals surface area contributed by atoms with Gasteiger partial charge in [0.25, 0.3) is 0 Å². The summed E-state index contributed by atoms with van der Waals surface area (Å²) in [6.07, 6.45) is 2.68. The normalized spacial score (nSPS) is 13.6. The average Bonchev–Trinajstić information content (AvgIpc) is 3.25. The molecule has 0 aliphatic heterocycles. The number of fused-ring (bicyclic) bond motifs is 1. The molecular weight excluding hydrogens is 370 g/mol. The minimum Gasteiger partial charge on any atom is -0.366 e. The molecule has 1 aromatic heterocycles. The third-order valence-corrected chi connectivity index (χ3v) is 6.78. The molecule has 0 fully saturated rings. The Kier molecular flexibility index (Phi) is 5.30. The highest BCUT2D eigenvalue weighted by molar-refractivity contribution is 7.99. The fourth-order valence-electron chi connectivity index (χ4n) is 3.43. The Balaban J connectivity index is 1.69. The van der Waals surface area contributed by atoms with Gasteiger partial charge in [0.1, 0.15) is 10.6 Å². The Labute approximate surface area is 168 Å². The third kappa shape index (κ3) is 3.53. The van der Waals surface area contributed by atoms with Crippen LogP contribution < -0.4 is 0 Å². The summed E-state index contributed by atoms with van der Waals surface area (Å²) in [6.45, 7) is 2.15. The van der Waals surface area contributed by atoms with Gasteiger partial charge in [-0.05, 0) is 47.0 Å². The number of nitrogens with zero attached hydrogens (tertiary/aromatic N) is 1. The molecular formula is C23H21NOS2. The quantitative estimate of drug-likeness (QED) is 0.363. The molecule has 0 aliphatic rings. The first-order valence-corrected chi connectivity index (χ1v) is 10.7. The molecule has 4 heteroatoms. The van der Waals surface area contributed by atoms with Crippen molar-refractivity contribution in [1.82, 2.24) is 4.98 Å². The summed E-state index contributed by atoms with van der Waals surface area (Å²) in [7, 11) is 1.77. The van der Waals surface area contributed by atoms with Gasteiger partial charge in [-0.15, -0.1) is 11.3 Å². The maximum Gasteiger partial charge on any atom is 0.144 e. The van der Waals surface area contributed by atoms with E-state index in [1.165, 1.54) is 20.6 Å². The van der Waals surface area contributed by atoms with Gasteiger partial charge in [-0.25, -0.2) is 4.98 Å². The summed E-state index contributed by atoms with van der Waals surface area (Å²) in [5, 5.41) is 5.54. The van der Waals surface area contributed by atoms with Crippen molar-refractivity contribution in [1.29, 1.82) is 0 Å². The fourth-order valence-corrected chi connectivity index (χ4v) is 5.26. The first kappa shape index (κ1) is 18.2. The lowest BCUT2D eigenvalue weighted by molar-refractivity contribution is 0.0183. The van der Waals surface area contributed by atoms with Gasteiger partial charge in [-0.1, -0.05) is 61.2 Å². The molecule has 0 bridgehead atoms. The van der Waals surface area contributed by atoms with Gasteiger partial charge >= 0.3 is 0 Å². The molecule has 1 unspecified atom stereocenters. The first-order chi connectivity index (χ1) is 13.2. The zero-order valence-corrected chi connectivity index (χ0v) is 17.0. The molecule has 0 N–H and O–H groups in total. The van der Waals surface area contributed by atoms with Gasteiger partial charge in [-0.2, -0.15) is 0 Å². The zero-order valence-electron chi connectivity index (χ0n) is 15.4. The van der Waals surface area contributed by atoms with Gasteiger partial charge in [0, 0.05) is 28.5 Å². The highest BCUT2D eigenvalue weighted by Gasteiger charge is 2.35. The summed E-state index contributed by atoms with van der Waals surface area (Å²) < 4.78 is 6.02. The average molecular weight is 392 g/mol. The summed E-state index contributed by atoms with van der Waals surface area (Å²) >= 11 is 3.42. The van der Waals surface area contributed by atoms with Crippen LogP contribution in [-0.4, -0.2) is 12.1 Å². The summed E-state index contributed by atoms with van der Waals surface area (Å²) in [4.78, 5) is 6.98. The van der Waals surface area contributed by atoms with Crippen LogP contribution in [0.2, 0.25) is 0 Å². The molecule has 0 radical (unpaired) electrons. The molecule has 27 heavy (non-hydrogen) atoms. The Bertz CT molecular complexity index is 1040. The van der Waals surface area contributed by atoms with E-state index in [2.05, 4.69) is 78.6 Å². The Morgan fingerprint density at radius 2 is 1.78 bits per heavy atom. The van der Waals surface area contributed by atoms with Crippen LogP contribution in [0, 0.1) is 0 Å². The second-order valence-corrected chi connectivity index (χ2v) is 8.40. The maximum atomic E-state index is 6.02. The predicted octanol–water partition coefficient (Wildman–Crippen LogP) is 6.75. The van der Waals surface area contributed by atoms with Gasteiger partial charge in [-0.3, -0.25) is 0 Å². The van der Waals surface area contributed by atoms with E-state index < -0.39 is 5.60 Å². The molecule has 1 heterocycles. The number of hydrogen-bond acceptors (Lipinski definition) is 4. The fraction of sp³-hybridized carbons (Fsp3) is 0.174. The van der Waals surface area contributed by atoms with E-state index in [0.717, 1.165) is 17.0 Å². The van der Waals surface area contributed by atoms with Crippen molar-refractivity contribution >= 4 is 33.9 Å². The van der Waals surface area contributed by atoms with Gasteiger partial charge < -0.3 is 4.74 Å². The van der Waals surface area contributed by atoms with E-state index in [1.54, 1.807) is 30.2 Å². The third-order valence-electron chi connectivity index (χ3n) is 4.88. The molecule has 0 spiro atoms. The lowest BCUT2D eigenvalue weighted by atomic mass is 9.91. The Morgan fingerprint density at radius 3 is 2.52 bits per heavy atom. The highest BCUT2D eigenvalue weighted by atomic mass is 32.2. The molecule has 0 saturated heterocycles. The van der Waals surface area contributed by atoms with Crippen molar-refractivity contribution in [3.8, 4) is 0 Å². The minimum atomic E-state index is -0.492. The van der Waals surface area contributed by atoms with E-state index in [4.69, 9.17) is 4.74 Å². The van der Waals surface area contributed by atoms with Crippen LogP contribution in [0.4, 0.5) is 0 Å². The molecule has 0 amide bonds. The van der Waals surface area contributed by atoms with Crippen molar-refractivity contribution < 1.29 is 4.74 Å². The monoisotopic (exact) mass is 391 g/mol. The Morgan fingerprint density at radius 1 is 0.963 bits per heavy atom. The van der Waals surface area contributed by atoms with E-state index in [9.17, 15) is 0 Å². The van der Waals surface area contributed by atoms with Crippen LogP contribution in [0.25, 0.3) is 10.8 Å². The van der Waals surface area contributed by atoms with E-state index in [1.807, 2.05) is 11.6 Å². The lowest BCUT2D eigenvalue weighted by Gasteiger charge is -2.30. The summed E-state index contributed by atoms with van der Waals surface area (Å²) in [6, 6.07) is 23.7. The second-order valence-electron chi connectivity index (χ2n) is 6.36. The van der Waals surface area contributed by atoms with Crippen LogP contribution in [0.3, 0.4) is 0 Å². The smallest absolute Gasteiger partial charge is 0.144 e. The standard InChI is InChI=1S/C23H21NOS2/c1-3-23(25-2,22-24-13-14-26-22)19-9-6-10-20(16-19)27-21-12-11-17-7-4-5-8-18(17)15-21/h4-16H,3H2,1-2H3. The van der Waals surface area contributed by atoms with Crippen molar-refractivity contribution in [2.75, 3.05) is 7.11 Å². The SMILES string of the molecule is CCC(OC)(c1cccc(Sc2ccc3ccccc3c2)c1)c1nccs1. The Hall–Kier alpha value is -2.14. The van der Waals surface area contributed by atoms with Crippen LogP contribution in [0.5, 0.6) is 0 Å². The number of aromatic nitrogens is 1. The topological polar surface area (TPSA) is 22.1 Å². The van der Waals surface area contributed by atoms with Gasteiger partial charge in [0.05, 0.1) is 0 Å². The van der Waals surface area contributed by atoms with Gasteiger partial charge in [0.2, 0.25) is 0 Å². The molecule has 4 rings (SSSR count). The van der Waals surface area contributed by atoms with E-state index >= 15 is 0 Å². The second kappa shape index (κ2) is 7.85. The van der Waals surface area contributed by atoms with Crippen LogP contribution in [0.15, 0.2) is 88.1 Å². The molecule has 3 aromatic carbocycles. The molecule has 4 aromatic rings. The zero-order chi connectivity index (χ0) is 18.7. The van der Waals surface area contributed by atoms with Crippen molar-refractivity contribution in [3.05, 3.63) is 88.9 Å². The van der Waals surface area contributed by atoms with Crippen LogP contribution in [-0.2, 0) is 10.3 Å². The number of rotatable bonds is 6. The molecule has 1 atom stereocenters. The van der Waals surface area contributed by atoms with Crippen molar-refractivity contribution in [2.24, 2.45) is 0 Å². The number of ether oxygens (including phenoxy) is 1.